The first-order valence-corrected chi connectivity index (χ1v) is 16.9. The lowest BCUT2D eigenvalue weighted by atomic mass is 9.81. The summed E-state index contributed by atoms with van der Waals surface area (Å²) >= 11 is 3.64. The van der Waals surface area contributed by atoms with Crippen LogP contribution >= 0.6 is 15.9 Å². The third-order valence-corrected chi connectivity index (χ3v) is 9.28. The fraction of sp³-hybridized carbons (Fsp3) is 0.200. The van der Waals surface area contributed by atoms with Crippen LogP contribution in [-0.4, -0.2) is 35.7 Å². The molecule has 5 aromatic carbocycles. The van der Waals surface area contributed by atoms with E-state index in [-0.39, 0.29) is 25.5 Å². The maximum atomic E-state index is 14.6. The van der Waals surface area contributed by atoms with Gasteiger partial charge in [-0.15, -0.1) is 0 Å². The van der Waals surface area contributed by atoms with E-state index in [2.05, 4.69) is 21.2 Å². The first-order chi connectivity index (χ1) is 24.2. The molecule has 1 amide bonds. The number of aliphatic imine (C=N–C) groups is 1. The number of aliphatic hydroxyl groups excluding tert-OH is 1. The van der Waals surface area contributed by atoms with Crippen LogP contribution in [0.15, 0.2) is 137 Å². The van der Waals surface area contributed by atoms with Crippen molar-refractivity contribution in [1.29, 1.82) is 0 Å². The number of nitrogens with zero attached hydrogens (tertiary/aromatic N) is 1. The highest BCUT2D eigenvalue weighted by Gasteiger charge is 2.53. The number of amides is 1. The van der Waals surface area contributed by atoms with Gasteiger partial charge in [-0.1, -0.05) is 101 Å². The molecule has 0 radical (unpaired) electrons. The highest BCUT2D eigenvalue weighted by atomic mass is 79.9. The molecule has 2 N–H and O–H groups in total. The smallest absolute Gasteiger partial charge is 0.416 e. The topological polar surface area (TPSA) is 80.2 Å². The summed E-state index contributed by atoms with van der Waals surface area (Å²) in [5, 5.41) is 12.1. The van der Waals surface area contributed by atoms with Gasteiger partial charge in [0.25, 0.3) is 5.91 Å². The molecular weight excluding hydrogens is 709 g/mol. The predicted octanol–water partition coefficient (Wildman–Crippen LogP) is 8.71. The van der Waals surface area contributed by atoms with Crippen LogP contribution in [-0.2, 0) is 28.7 Å². The molecule has 6 nitrogen and oxygen atoms in total. The normalized spacial score (nSPS) is 17.1. The number of alkyl halides is 3. The Morgan fingerprint density at radius 1 is 0.840 bits per heavy atom. The summed E-state index contributed by atoms with van der Waals surface area (Å²) in [6.07, 6.45) is -4.66. The van der Waals surface area contributed by atoms with Gasteiger partial charge in [-0.2, -0.15) is 13.2 Å². The highest BCUT2D eigenvalue weighted by molar-refractivity contribution is 9.10. The molecule has 0 fully saturated rings. The Labute approximate surface area is 296 Å². The lowest BCUT2D eigenvalue weighted by molar-refractivity contribution is -0.137. The molecular formula is C40H34BrF3N2O4. The quantitative estimate of drug-likeness (QED) is 0.125. The second-order valence-corrected chi connectivity index (χ2v) is 12.8. The minimum atomic E-state index is -4.46. The standard InChI is InChI=1S/C40H34BrF3N2O4/c41-35-10-5-4-9-32(35)25-39(38(48)45-26-27-11-19-33(20-12-27)40(42,43)44)36(30-15-13-29(14-16-30)28-7-2-1-3-8-28)50-37(46-39)31-17-21-34(22-18-31)49-24-6-23-47/h1-5,7-22,36,47H,6,23-26H2,(H,45,48)/t36-,39-/m1/s1. The van der Waals surface area contributed by atoms with Crippen LogP contribution in [0.1, 0.15) is 40.3 Å². The number of nitrogens with one attached hydrogen (secondary N) is 1. The van der Waals surface area contributed by atoms with E-state index in [4.69, 9.17) is 19.6 Å². The third-order valence-electron chi connectivity index (χ3n) is 8.50. The molecule has 1 aliphatic rings. The van der Waals surface area contributed by atoms with Crippen LogP contribution in [0.4, 0.5) is 13.2 Å². The van der Waals surface area contributed by atoms with Crippen molar-refractivity contribution in [2.24, 2.45) is 4.99 Å². The summed E-state index contributed by atoms with van der Waals surface area (Å²) in [5.41, 5.74) is 2.46. The summed E-state index contributed by atoms with van der Waals surface area (Å²) in [4.78, 5) is 19.7. The van der Waals surface area contributed by atoms with Crippen LogP contribution in [0.25, 0.3) is 11.1 Å². The molecule has 50 heavy (non-hydrogen) atoms. The number of ether oxygens (including phenoxy) is 2. The zero-order valence-electron chi connectivity index (χ0n) is 26.9. The van der Waals surface area contributed by atoms with Crippen molar-refractivity contribution in [3.05, 3.63) is 160 Å². The molecule has 1 aliphatic heterocycles. The summed E-state index contributed by atoms with van der Waals surface area (Å²) in [5.74, 6) is 0.438. The first kappa shape index (κ1) is 34.9. The molecule has 0 bridgehead atoms. The Kier molecular flexibility index (Phi) is 10.7. The zero-order valence-corrected chi connectivity index (χ0v) is 28.5. The largest absolute Gasteiger partial charge is 0.494 e. The number of rotatable bonds is 12. The number of hydrogen-bond donors (Lipinski definition) is 2. The third kappa shape index (κ3) is 7.93. The summed E-state index contributed by atoms with van der Waals surface area (Å²) in [6.45, 7) is 0.374. The van der Waals surface area contributed by atoms with Gasteiger partial charge in [0.15, 0.2) is 11.6 Å². The van der Waals surface area contributed by atoms with Crippen molar-refractivity contribution in [1.82, 2.24) is 5.32 Å². The van der Waals surface area contributed by atoms with Gasteiger partial charge in [-0.3, -0.25) is 4.79 Å². The lowest BCUT2D eigenvalue weighted by Crippen LogP contribution is -2.49. The minimum absolute atomic E-state index is 0.0148. The second-order valence-electron chi connectivity index (χ2n) is 11.9. The predicted molar refractivity (Wildman–Crippen MR) is 190 cm³/mol. The Morgan fingerprint density at radius 2 is 1.48 bits per heavy atom. The van der Waals surface area contributed by atoms with Gasteiger partial charge in [-0.05, 0) is 70.3 Å². The van der Waals surface area contributed by atoms with Crippen LogP contribution in [0.3, 0.4) is 0 Å². The van der Waals surface area contributed by atoms with E-state index in [0.717, 1.165) is 38.9 Å². The summed E-state index contributed by atoms with van der Waals surface area (Å²) < 4.78 is 52.8. The number of carbonyl (C=O) groups is 1. The number of carbonyl (C=O) groups excluding carboxylic acids is 1. The summed E-state index contributed by atoms with van der Waals surface area (Å²) in [7, 11) is 0. The number of halogens is 4. The van der Waals surface area contributed by atoms with E-state index >= 15 is 0 Å². The fourth-order valence-corrected chi connectivity index (χ4v) is 6.27. The maximum absolute atomic E-state index is 14.6. The molecule has 0 aromatic heterocycles. The number of hydrogen-bond acceptors (Lipinski definition) is 5. The molecule has 6 rings (SSSR count). The number of aliphatic hydroxyl groups is 1. The van der Waals surface area contributed by atoms with Crippen LogP contribution in [0, 0.1) is 0 Å². The molecule has 0 saturated carbocycles. The Bertz CT molecular complexity index is 1930. The maximum Gasteiger partial charge on any atom is 0.416 e. The second kappa shape index (κ2) is 15.3. The van der Waals surface area contributed by atoms with Gasteiger partial charge >= 0.3 is 6.18 Å². The molecule has 5 aromatic rings. The van der Waals surface area contributed by atoms with Gasteiger partial charge in [0.1, 0.15) is 5.75 Å². The lowest BCUT2D eigenvalue weighted by Gasteiger charge is -2.31. The van der Waals surface area contributed by atoms with E-state index in [9.17, 15) is 18.0 Å². The first-order valence-electron chi connectivity index (χ1n) is 16.1. The van der Waals surface area contributed by atoms with E-state index in [1.807, 2.05) is 78.9 Å². The van der Waals surface area contributed by atoms with E-state index in [0.29, 0.717) is 29.9 Å². The van der Waals surface area contributed by atoms with Crippen LogP contribution < -0.4 is 10.1 Å². The van der Waals surface area contributed by atoms with Crippen molar-refractivity contribution in [2.45, 2.75) is 37.2 Å². The molecule has 0 aliphatic carbocycles. The van der Waals surface area contributed by atoms with Crippen LogP contribution in [0.2, 0.25) is 0 Å². The molecule has 1 heterocycles. The zero-order chi connectivity index (χ0) is 35.1. The number of benzene rings is 5. The molecule has 2 atom stereocenters. The van der Waals surface area contributed by atoms with E-state index in [1.165, 1.54) is 12.1 Å². The Morgan fingerprint density at radius 3 is 2.14 bits per heavy atom. The fourth-order valence-electron chi connectivity index (χ4n) is 5.84. The molecule has 0 spiro atoms. The van der Waals surface area contributed by atoms with Gasteiger partial charge in [0.05, 0.1) is 12.2 Å². The van der Waals surface area contributed by atoms with Crippen molar-refractivity contribution < 1.29 is 32.5 Å². The molecule has 256 valence electrons. The van der Waals surface area contributed by atoms with Gasteiger partial charge in [-0.25, -0.2) is 4.99 Å². The van der Waals surface area contributed by atoms with E-state index in [1.54, 1.807) is 24.3 Å². The average Bonchev–Trinajstić information content (AvgIpc) is 3.52. The van der Waals surface area contributed by atoms with Crippen molar-refractivity contribution >= 4 is 27.7 Å². The average molecular weight is 744 g/mol. The minimum Gasteiger partial charge on any atom is -0.494 e. The highest BCUT2D eigenvalue weighted by Crippen LogP contribution is 2.44. The molecule has 10 heteroatoms. The summed E-state index contributed by atoms with van der Waals surface area (Å²) in [6, 6.07) is 37.2. The molecule has 0 saturated heterocycles. The van der Waals surface area contributed by atoms with Crippen molar-refractivity contribution in [2.75, 3.05) is 13.2 Å². The van der Waals surface area contributed by atoms with Crippen LogP contribution in [0.5, 0.6) is 5.75 Å². The van der Waals surface area contributed by atoms with Crippen molar-refractivity contribution in [3.8, 4) is 16.9 Å². The Balaban J connectivity index is 1.39. The molecule has 0 unspecified atom stereocenters. The SMILES string of the molecule is O=C(NCc1ccc(C(F)(F)F)cc1)[C@]1(Cc2ccccc2Br)N=C(c2ccc(OCCCO)cc2)O[C@@H]1c1ccc(-c2ccccc2)cc1. The van der Waals surface area contributed by atoms with Gasteiger partial charge in [0.2, 0.25) is 5.90 Å². The monoisotopic (exact) mass is 742 g/mol. The Hall–Kier alpha value is -4.93. The van der Waals surface area contributed by atoms with E-state index < -0.39 is 29.3 Å². The van der Waals surface area contributed by atoms with Gasteiger partial charge < -0.3 is 19.9 Å². The van der Waals surface area contributed by atoms with Crippen molar-refractivity contribution in [3.63, 3.8) is 0 Å². The van der Waals surface area contributed by atoms with Gasteiger partial charge in [0, 0.05) is 36.0 Å².